The molecule has 150 valence electrons. The lowest BCUT2D eigenvalue weighted by molar-refractivity contribution is 0.135. The lowest BCUT2D eigenvalue weighted by Gasteiger charge is -2.34. The van der Waals surface area contributed by atoms with Crippen molar-refractivity contribution < 1.29 is 13.9 Å². The molecule has 6 nitrogen and oxygen atoms in total. The highest BCUT2D eigenvalue weighted by molar-refractivity contribution is 6.33. The van der Waals surface area contributed by atoms with E-state index in [1.54, 1.807) is 6.07 Å². The second-order valence-corrected chi connectivity index (χ2v) is 7.85. The first-order chi connectivity index (χ1) is 14.2. The fourth-order valence-electron chi connectivity index (χ4n) is 4.05. The highest BCUT2D eigenvalue weighted by atomic mass is 35.5. The number of aryl methyl sites for hydroxylation is 1. The Labute approximate surface area is 174 Å². The van der Waals surface area contributed by atoms with E-state index in [0.717, 1.165) is 36.7 Å². The molecule has 1 fully saturated rings. The fraction of sp³-hybridized carbons (Fsp3) is 0.364. The van der Waals surface area contributed by atoms with Crippen molar-refractivity contribution >= 4 is 11.6 Å². The quantitative estimate of drug-likeness (QED) is 0.591. The van der Waals surface area contributed by atoms with E-state index in [9.17, 15) is 0 Å². The van der Waals surface area contributed by atoms with Crippen molar-refractivity contribution in [3.8, 4) is 23.0 Å². The standard InChI is InChI=1S/C22H22ClN3O3/c1-14-18(12-26-9-5-3-7-19(26)17-6-2-4-8-24-17)25-22(29-14)15-10-20-21(11-16(15)23)28-13-27-20/h2,4,6,8,10-11,19H,3,5,7,9,12-13H2,1H3. The Morgan fingerprint density at radius 3 is 2.86 bits per heavy atom. The van der Waals surface area contributed by atoms with Gasteiger partial charge in [-0.15, -0.1) is 0 Å². The van der Waals surface area contributed by atoms with Crippen molar-refractivity contribution in [2.45, 2.75) is 38.8 Å². The van der Waals surface area contributed by atoms with Gasteiger partial charge >= 0.3 is 0 Å². The summed E-state index contributed by atoms with van der Waals surface area (Å²) in [6.45, 7) is 3.90. The first kappa shape index (κ1) is 18.5. The Hall–Kier alpha value is -2.57. The molecule has 0 N–H and O–H groups in total. The minimum atomic E-state index is 0.203. The monoisotopic (exact) mass is 411 g/mol. The van der Waals surface area contributed by atoms with Gasteiger partial charge in [0.1, 0.15) is 5.76 Å². The van der Waals surface area contributed by atoms with Crippen LogP contribution in [0.2, 0.25) is 5.02 Å². The van der Waals surface area contributed by atoms with Crippen LogP contribution in [0.4, 0.5) is 0 Å². The number of halogens is 1. The number of pyridine rings is 1. The molecule has 2 aliphatic rings. The summed E-state index contributed by atoms with van der Waals surface area (Å²) in [5, 5.41) is 0.534. The van der Waals surface area contributed by atoms with Crippen molar-refractivity contribution in [2.75, 3.05) is 13.3 Å². The maximum atomic E-state index is 6.44. The number of nitrogens with zero attached hydrogens (tertiary/aromatic N) is 3. The average Bonchev–Trinajstić information content (AvgIpc) is 3.34. The highest BCUT2D eigenvalue weighted by Gasteiger charge is 2.27. The van der Waals surface area contributed by atoms with Crippen LogP contribution in [0.3, 0.4) is 0 Å². The smallest absolute Gasteiger partial charge is 0.231 e. The number of aromatic nitrogens is 2. The van der Waals surface area contributed by atoms with Crippen LogP contribution in [-0.2, 0) is 6.54 Å². The highest BCUT2D eigenvalue weighted by Crippen LogP contribution is 2.41. The summed E-state index contributed by atoms with van der Waals surface area (Å²) in [6, 6.07) is 10.0. The topological polar surface area (TPSA) is 60.6 Å². The van der Waals surface area contributed by atoms with Gasteiger partial charge in [0.15, 0.2) is 11.5 Å². The van der Waals surface area contributed by atoms with Gasteiger partial charge in [-0.3, -0.25) is 9.88 Å². The average molecular weight is 412 g/mol. The Bertz CT molecular complexity index is 1020. The van der Waals surface area contributed by atoms with Gasteiger partial charge in [0, 0.05) is 18.8 Å². The minimum absolute atomic E-state index is 0.203. The van der Waals surface area contributed by atoms with Gasteiger partial charge in [0.25, 0.3) is 0 Å². The summed E-state index contributed by atoms with van der Waals surface area (Å²) in [6.07, 6.45) is 5.37. The molecular weight excluding hydrogens is 390 g/mol. The molecular formula is C22H22ClN3O3. The molecule has 5 rings (SSSR count). The van der Waals surface area contributed by atoms with Crippen LogP contribution >= 0.6 is 11.6 Å². The fourth-order valence-corrected chi connectivity index (χ4v) is 4.29. The van der Waals surface area contributed by atoms with E-state index in [0.29, 0.717) is 34.0 Å². The molecule has 0 radical (unpaired) electrons. The Kier molecular flexibility index (Phi) is 4.89. The largest absolute Gasteiger partial charge is 0.454 e. The third-order valence-corrected chi connectivity index (χ3v) is 5.89. The zero-order valence-electron chi connectivity index (χ0n) is 16.2. The molecule has 2 aliphatic heterocycles. The van der Waals surface area contributed by atoms with Crippen LogP contribution in [0.25, 0.3) is 11.5 Å². The molecule has 1 atom stereocenters. The minimum Gasteiger partial charge on any atom is -0.454 e. The molecule has 0 aliphatic carbocycles. The van der Waals surface area contributed by atoms with Crippen molar-refractivity contribution in [1.29, 1.82) is 0 Å². The first-order valence-electron chi connectivity index (χ1n) is 9.90. The Morgan fingerprint density at radius 2 is 2.03 bits per heavy atom. The third-order valence-electron chi connectivity index (χ3n) is 5.58. The van der Waals surface area contributed by atoms with Crippen LogP contribution in [0.5, 0.6) is 11.5 Å². The van der Waals surface area contributed by atoms with Gasteiger partial charge in [-0.05, 0) is 44.5 Å². The second-order valence-electron chi connectivity index (χ2n) is 7.44. The van der Waals surface area contributed by atoms with Crippen LogP contribution in [0, 0.1) is 6.92 Å². The number of hydrogen-bond acceptors (Lipinski definition) is 6. The van der Waals surface area contributed by atoms with Gasteiger partial charge < -0.3 is 13.9 Å². The number of fused-ring (bicyclic) bond motifs is 1. The number of rotatable bonds is 4. The van der Waals surface area contributed by atoms with Crippen LogP contribution in [0.1, 0.15) is 42.5 Å². The Balaban J connectivity index is 1.42. The van der Waals surface area contributed by atoms with E-state index in [1.165, 1.54) is 12.8 Å². The van der Waals surface area contributed by atoms with E-state index in [2.05, 4.69) is 22.0 Å². The lowest BCUT2D eigenvalue weighted by atomic mass is 9.98. The number of oxazole rings is 1. The van der Waals surface area contributed by atoms with Crippen LogP contribution in [0.15, 0.2) is 40.9 Å². The van der Waals surface area contributed by atoms with Gasteiger partial charge in [-0.1, -0.05) is 24.1 Å². The van der Waals surface area contributed by atoms with Gasteiger partial charge in [0.05, 0.1) is 28.0 Å². The number of ether oxygens (including phenoxy) is 2. The van der Waals surface area contributed by atoms with Crippen molar-refractivity contribution in [1.82, 2.24) is 14.9 Å². The van der Waals surface area contributed by atoms with Crippen molar-refractivity contribution in [2.24, 2.45) is 0 Å². The summed E-state index contributed by atoms with van der Waals surface area (Å²) in [4.78, 5) is 11.8. The van der Waals surface area contributed by atoms with Crippen molar-refractivity contribution in [3.63, 3.8) is 0 Å². The predicted molar refractivity (Wildman–Crippen MR) is 109 cm³/mol. The number of benzene rings is 1. The molecule has 0 saturated carbocycles. The number of piperidine rings is 1. The Morgan fingerprint density at radius 1 is 1.17 bits per heavy atom. The van der Waals surface area contributed by atoms with Crippen LogP contribution < -0.4 is 9.47 Å². The molecule has 1 aromatic carbocycles. The zero-order chi connectivity index (χ0) is 19.8. The SMILES string of the molecule is Cc1oc(-c2cc3c(cc2Cl)OCO3)nc1CN1CCCCC1c1ccccn1. The van der Waals surface area contributed by atoms with Gasteiger partial charge in [0.2, 0.25) is 12.7 Å². The summed E-state index contributed by atoms with van der Waals surface area (Å²) < 4.78 is 16.8. The molecule has 1 unspecified atom stereocenters. The van der Waals surface area contributed by atoms with E-state index in [4.69, 9.17) is 30.5 Å². The van der Waals surface area contributed by atoms with E-state index < -0.39 is 0 Å². The first-order valence-corrected chi connectivity index (χ1v) is 10.3. The maximum Gasteiger partial charge on any atom is 0.231 e. The van der Waals surface area contributed by atoms with Crippen molar-refractivity contribution in [3.05, 3.63) is 58.7 Å². The predicted octanol–water partition coefficient (Wildman–Crippen LogP) is 5.15. The molecule has 0 amide bonds. The van der Waals surface area contributed by atoms with E-state index >= 15 is 0 Å². The summed E-state index contributed by atoms with van der Waals surface area (Å²) in [5.74, 6) is 2.62. The lowest BCUT2D eigenvalue weighted by Crippen LogP contribution is -2.33. The molecule has 4 heterocycles. The molecule has 3 aromatic rings. The molecule has 2 aromatic heterocycles. The summed E-state index contributed by atoms with van der Waals surface area (Å²) >= 11 is 6.44. The number of hydrogen-bond donors (Lipinski definition) is 0. The molecule has 7 heteroatoms. The van der Waals surface area contributed by atoms with E-state index in [1.807, 2.05) is 25.3 Å². The molecule has 1 saturated heterocycles. The summed E-state index contributed by atoms with van der Waals surface area (Å²) in [5.41, 5.74) is 2.76. The molecule has 29 heavy (non-hydrogen) atoms. The third kappa shape index (κ3) is 3.58. The van der Waals surface area contributed by atoms with E-state index in [-0.39, 0.29) is 6.79 Å². The molecule has 0 bridgehead atoms. The summed E-state index contributed by atoms with van der Waals surface area (Å²) in [7, 11) is 0. The normalized spacial score (nSPS) is 18.9. The number of likely N-dealkylation sites (tertiary alicyclic amines) is 1. The zero-order valence-corrected chi connectivity index (χ0v) is 17.0. The second kappa shape index (κ2) is 7.69. The van der Waals surface area contributed by atoms with Crippen LogP contribution in [-0.4, -0.2) is 28.2 Å². The van der Waals surface area contributed by atoms with Gasteiger partial charge in [-0.25, -0.2) is 4.98 Å². The van der Waals surface area contributed by atoms with Gasteiger partial charge in [-0.2, -0.15) is 0 Å². The molecule has 0 spiro atoms. The maximum absolute atomic E-state index is 6.44.